The molecule has 0 radical (unpaired) electrons. The number of nitrogens with zero attached hydrogens (tertiary/aromatic N) is 2. The van der Waals surface area contributed by atoms with E-state index in [0.717, 1.165) is 5.56 Å². The summed E-state index contributed by atoms with van der Waals surface area (Å²) in [4.78, 5) is 29.6. The van der Waals surface area contributed by atoms with Crippen molar-refractivity contribution in [3.63, 3.8) is 0 Å². The fourth-order valence-corrected chi connectivity index (χ4v) is 3.44. The van der Waals surface area contributed by atoms with E-state index in [0.29, 0.717) is 26.8 Å². The Bertz CT molecular complexity index is 1050. The summed E-state index contributed by atoms with van der Waals surface area (Å²) in [5, 5.41) is 12.4. The largest absolute Gasteiger partial charge is 0.448 e. The van der Waals surface area contributed by atoms with Gasteiger partial charge in [-0.05, 0) is 26.0 Å². The molecule has 0 aliphatic rings. The maximum absolute atomic E-state index is 12.5. The van der Waals surface area contributed by atoms with E-state index in [1.165, 1.54) is 18.3 Å². The number of amides is 1. The number of nitrogens with one attached hydrogen (secondary N) is 1. The van der Waals surface area contributed by atoms with Crippen molar-refractivity contribution in [1.82, 2.24) is 4.98 Å². The van der Waals surface area contributed by atoms with Crippen LogP contribution in [0.25, 0.3) is 10.6 Å². The molecule has 140 valence electrons. The molecule has 1 aromatic heterocycles. The van der Waals surface area contributed by atoms with Crippen LogP contribution in [0.15, 0.2) is 54.6 Å². The average molecular weight is 391 g/mol. The van der Waals surface area contributed by atoms with Crippen molar-refractivity contribution in [2.45, 2.75) is 20.0 Å². The smallest absolute Gasteiger partial charge is 0.351 e. The highest BCUT2D eigenvalue weighted by atomic mass is 32.1. The first-order chi connectivity index (χ1) is 13.5. The molecule has 1 N–H and O–H groups in total. The molecule has 1 heterocycles. The second-order valence-corrected chi connectivity index (χ2v) is 6.99. The number of carbonyl (C=O) groups is 2. The summed E-state index contributed by atoms with van der Waals surface area (Å²) in [6.07, 6.45) is -1.03. The molecule has 28 heavy (non-hydrogen) atoms. The lowest BCUT2D eigenvalue weighted by atomic mass is 10.2. The maximum atomic E-state index is 12.5. The van der Waals surface area contributed by atoms with E-state index in [1.54, 1.807) is 31.2 Å². The number of para-hydroxylation sites is 1. The molecular formula is C21H17N3O3S. The van der Waals surface area contributed by atoms with Crippen LogP contribution >= 0.6 is 11.3 Å². The predicted octanol–water partition coefficient (Wildman–Crippen LogP) is 4.17. The zero-order valence-electron chi connectivity index (χ0n) is 15.3. The summed E-state index contributed by atoms with van der Waals surface area (Å²) in [6.45, 7) is 3.21. The average Bonchev–Trinajstić information content (AvgIpc) is 3.10. The van der Waals surface area contributed by atoms with Crippen molar-refractivity contribution in [1.29, 1.82) is 5.26 Å². The Balaban J connectivity index is 1.70. The van der Waals surface area contributed by atoms with Crippen molar-refractivity contribution in [2.24, 2.45) is 0 Å². The normalized spacial score (nSPS) is 11.3. The predicted molar refractivity (Wildman–Crippen MR) is 107 cm³/mol. The lowest BCUT2D eigenvalue weighted by Gasteiger charge is -2.13. The van der Waals surface area contributed by atoms with Crippen LogP contribution in [0, 0.1) is 18.3 Å². The van der Waals surface area contributed by atoms with Gasteiger partial charge >= 0.3 is 5.97 Å². The van der Waals surface area contributed by atoms with Gasteiger partial charge in [0.2, 0.25) is 0 Å². The lowest BCUT2D eigenvalue weighted by Crippen LogP contribution is -2.30. The SMILES string of the molecule is Cc1nc(-c2ccccc2)sc1C(=O)O[C@H](C)C(=O)Nc1ccccc1C#N. The zero-order chi connectivity index (χ0) is 20.1. The number of anilines is 1. The third-order valence-electron chi connectivity index (χ3n) is 3.96. The van der Waals surface area contributed by atoms with Crippen molar-refractivity contribution in [2.75, 3.05) is 5.32 Å². The Hall–Kier alpha value is -3.50. The van der Waals surface area contributed by atoms with Gasteiger partial charge in [0.05, 0.1) is 16.9 Å². The summed E-state index contributed by atoms with van der Waals surface area (Å²) in [5.74, 6) is -1.12. The monoisotopic (exact) mass is 391 g/mol. The van der Waals surface area contributed by atoms with Gasteiger partial charge in [0, 0.05) is 5.56 Å². The summed E-state index contributed by atoms with van der Waals surface area (Å²) in [7, 11) is 0. The topological polar surface area (TPSA) is 92.1 Å². The number of aromatic nitrogens is 1. The highest BCUT2D eigenvalue weighted by Gasteiger charge is 2.23. The van der Waals surface area contributed by atoms with Gasteiger partial charge in [-0.3, -0.25) is 4.79 Å². The van der Waals surface area contributed by atoms with Crippen LogP contribution in [0.4, 0.5) is 5.69 Å². The van der Waals surface area contributed by atoms with Gasteiger partial charge in [0.15, 0.2) is 6.10 Å². The molecule has 1 atom stereocenters. The van der Waals surface area contributed by atoms with E-state index in [1.807, 2.05) is 36.4 Å². The lowest BCUT2D eigenvalue weighted by molar-refractivity contribution is -0.123. The van der Waals surface area contributed by atoms with Crippen LogP contribution < -0.4 is 5.32 Å². The molecule has 0 aliphatic heterocycles. The fraction of sp³-hybridized carbons (Fsp3) is 0.143. The Labute approximate surface area is 166 Å². The summed E-state index contributed by atoms with van der Waals surface area (Å²) in [5.41, 5.74) is 2.17. The number of nitriles is 1. The minimum absolute atomic E-state index is 0.334. The third kappa shape index (κ3) is 4.24. The standard InChI is InChI=1S/C21H17N3O3S/c1-13-18(28-20(23-13)15-8-4-3-5-9-15)21(26)27-14(2)19(25)24-17-11-7-6-10-16(17)12-22/h3-11,14H,1-2H3,(H,24,25)/t14-/m1/s1. The maximum Gasteiger partial charge on any atom is 0.351 e. The van der Waals surface area contributed by atoms with E-state index in [2.05, 4.69) is 10.3 Å². The van der Waals surface area contributed by atoms with E-state index in [4.69, 9.17) is 10.00 Å². The first-order valence-corrected chi connectivity index (χ1v) is 9.35. The molecule has 0 bridgehead atoms. The fourth-order valence-electron chi connectivity index (χ4n) is 2.48. The number of ether oxygens (including phenoxy) is 1. The number of benzene rings is 2. The van der Waals surface area contributed by atoms with E-state index in [9.17, 15) is 9.59 Å². The Morgan fingerprint density at radius 2 is 1.82 bits per heavy atom. The van der Waals surface area contributed by atoms with Gasteiger partial charge < -0.3 is 10.1 Å². The molecule has 0 unspecified atom stereocenters. The number of thiazole rings is 1. The third-order valence-corrected chi connectivity index (χ3v) is 5.15. The van der Waals surface area contributed by atoms with Gasteiger partial charge in [-0.25, -0.2) is 9.78 Å². The van der Waals surface area contributed by atoms with E-state index >= 15 is 0 Å². The van der Waals surface area contributed by atoms with E-state index < -0.39 is 18.0 Å². The Morgan fingerprint density at radius 1 is 1.14 bits per heavy atom. The minimum Gasteiger partial charge on any atom is -0.448 e. The van der Waals surface area contributed by atoms with Crippen LogP contribution in [0.5, 0.6) is 0 Å². The van der Waals surface area contributed by atoms with Crippen molar-refractivity contribution in [3.05, 3.63) is 70.7 Å². The number of carbonyl (C=O) groups excluding carboxylic acids is 2. The quantitative estimate of drug-likeness (QED) is 0.659. The van der Waals surface area contributed by atoms with Crippen LogP contribution in [0.1, 0.15) is 27.9 Å². The molecule has 0 spiro atoms. The van der Waals surface area contributed by atoms with Crippen LogP contribution in [-0.2, 0) is 9.53 Å². The van der Waals surface area contributed by atoms with Crippen molar-refractivity contribution < 1.29 is 14.3 Å². The summed E-state index contributed by atoms with van der Waals surface area (Å²) in [6, 6.07) is 18.2. The molecule has 0 saturated heterocycles. The van der Waals surface area contributed by atoms with E-state index in [-0.39, 0.29) is 0 Å². The summed E-state index contributed by atoms with van der Waals surface area (Å²) >= 11 is 1.22. The molecule has 3 rings (SSSR count). The van der Waals surface area contributed by atoms with Gasteiger partial charge in [0.25, 0.3) is 5.91 Å². The molecule has 0 saturated carbocycles. The number of hydrogen-bond acceptors (Lipinski definition) is 6. The number of rotatable bonds is 5. The van der Waals surface area contributed by atoms with Crippen LogP contribution in [0.2, 0.25) is 0 Å². The highest BCUT2D eigenvalue weighted by Crippen LogP contribution is 2.28. The van der Waals surface area contributed by atoms with Crippen LogP contribution in [0.3, 0.4) is 0 Å². The number of aryl methyl sites for hydroxylation is 1. The second-order valence-electron chi connectivity index (χ2n) is 5.99. The molecule has 7 heteroatoms. The van der Waals surface area contributed by atoms with Gasteiger partial charge in [-0.15, -0.1) is 11.3 Å². The molecular weight excluding hydrogens is 374 g/mol. The molecule has 0 aliphatic carbocycles. The molecule has 2 aromatic carbocycles. The molecule has 3 aromatic rings. The highest BCUT2D eigenvalue weighted by molar-refractivity contribution is 7.17. The zero-order valence-corrected chi connectivity index (χ0v) is 16.1. The Kier molecular flexibility index (Phi) is 5.82. The molecule has 0 fully saturated rings. The van der Waals surface area contributed by atoms with Crippen molar-refractivity contribution in [3.8, 4) is 16.6 Å². The van der Waals surface area contributed by atoms with Gasteiger partial charge in [-0.1, -0.05) is 42.5 Å². The van der Waals surface area contributed by atoms with Crippen molar-refractivity contribution >= 4 is 28.9 Å². The Morgan fingerprint density at radius 3 is 2.54 bits per heavy atom. The summed E-state index contributed by atoms with van der Waals surface area (Å²) < 4.78 is 5.31. The first kappa shape index (κ1) is 19.3. The second kappa shape index (κ2) is 8.46. The van der Waals surface area contributed by atoms with Gasteiger partial charge in [-0.2, -0.15) is 5.26 Å². The molecule has 1 amide bonds. The van der Waals surface area contributed by atoms with Gasteiger partial charge in [0.1, 0.15) is 16.0 Å². The number of hydrogen-bond donors (Lipinski definition) is 1. The first-order valence-electron chi connectivity index (χ1n) is 8.53. The minimum atomic E-state index is -1.03. The molecule has 6 nitrogen and oxygen atoms in total. The van der Waals surface area contributed by atoms with Crippen LogP contribution in [-0.4, -0.2) is 23.0 Å². The number of esters is 1.